The fraction of sp³-hybridized carbons (Fsp3) is 0.355. The summed E-state index contributed by atoms with van der Waals surface area (Å²) in [5, 5.41) is 45.8. The highest BCUT2D eigenvalue weighted by atomic mass is 16.7. The standard InChI is InChI=1S/C31H35N5O7/c1-29(2,3)28(40)36(16-19-7-4-5-8-22(19)26(38)35-31(41,42)43)17-24(37)33-21-11-10-18-14-30(15-20(18)13-21)23-9-6-12-32-25(23)34-27(30)39/h4-13,26,35,38,41-43H,14-17H2,1-3H3,(H,33,37)(H,32,34,39). The summed E-state index contributed by atoms with van der Waals surface area (Å²) in [5.41, 5.74) is 2.36. The third-order valence-electron chi connectivity index (χ3n) is 7.77. The molecule has 12 nitrogen and oxygen atoms in total. The second kappa shape index (κ2) is 11.1. The van der Waals surface area contributed by atoms with E-state index in [1.807, 2.05) is 29.6 Å². The molecule has 3 amide bonds. The summed E-state index contributed by atoms with van der Waals surface area (Å²) in [6.45, 7) is 4.79. The largest absolute Gasteiger partial charge is 0.374 e. The first kappa shape index (κ1) is 30.3. The molecule has 2 unspecified atom stereocenters. The lowest BCUT2D eigenvalue weighted by molar-refractivity contribution is -0.343. The Labute approximate surface area is 248 Å². The third-order valence-corrected chi connectivity index (χ3v) is 7.77. The van der Waals surface area contributed by atoms with Crippen molar-refractivity contribution in [1.29, 1.82) is 0 Å². The highest BCUT2D eigenvalue weighted by molar-refractivity contribution is 6.06. The van der Waals surface area contributed by atoms with Crippen LogP contribution in [-0.4, -0.2) is 60.7 Å². The minimum Gasteiger partial charge on any atom is -0.374 e. The molecule has 5 rings (SSSR count). The number of anilines is 2. The van der Waals surface area contributed by atoms with Gasteiger partial charge < -0.3 is 36.0 Å². The molecule has 1 aliphatic carbocycles. The summed E-state index contributed by atoms with van der Waals surface area (Å²) in [6, 6.07) is 15.6. The highest BCUT2D eigenvalue weighted by Crippen LogP contribution is 2.47. The van der Waals surface area contributed by atoms with E-state index in [1.54, 1.807) is 51.2 Å². The van der Waals surface area contributed by atoms with Crippen LogP contribution in [0.4, 0.5) is 11.5 Å². The second-order valence-electron chi connectivity index (χ2n) is 12.1. The van der Waals surface area contributed by atoms with Crippen LogP contribution in [0.1, 0.15) is 54.8 Å². The monoisotopic (exact) mass is 589 g/mol. The lowest BCUT2D eigenvalue weighted by Crippen LogP contribution is -2.47. The molecule has 2 heterocycles. The van der Waals surface area contributed by atoms with Crippen molar-refractivity contribution in [1.82, 2.24) is 15.2 Å². The number of aliphatic hydroxyl groups is 4. The van der Waals surface area contributed by atoms with Crippen LogP contribution in [0.25, 0.3) is 0 Å². The highest BCUT2D eigenvalue weighted by Gasteiger charge is 2.51. The van der Waals surface area contributed by atoms with Gasteiger partial charge in [0, 0.05) is 35.0 Å². The van der Waals surface area contributed by atoms with Gasteiger partial charge in [-0.3, -0.25) is 14.4 Å². The van der Waals surface area contributed by atoms with Crippen LogP contribution in [0.2, 0.25) is 0 Å². The van der Waals surface area contributed by atoms with Gasteiger partial charge in [0.1, 0.15) is 18.6 Å². The summed E-state index contributed by atoms with van der Waals surface area (Å²) in [4.78, 5) is 45.3. The number of nitrogens with one attached hydrogen (secondary N) is 3. The first-order valence-corrected chi connectivity index (χ1v) is 13.8. The summed E-state index contributed by atoms with van der Waals surface area (Å²) in [5.74, 6) is -0.293. The molecule has 0 radical (unpaired) electrons. The Balaban J connectivity index is 1.33. The smallest absolute Gasteiger partial charge is 0.345 e. The van der Waals surface area contributed by atoms with E-state index in [-0.39, 0.29) is 30.5 Å². The van der Waals surface area contributed by atoms with Gasteiger partial charge in [0.2, 0.25) is 17.7 Å². The summed E-state index contributed by atoms with van der Waals surface area (Å²) < 4.78 is 0. The van der Waals surface area contributed by atoms with Crippen molar-refractivity contribution >= 4 is 29.2 Å². The molecular weight excluding hydrogens is 554 g/mol. The zero-order valence-corrected chi connectivity index (χ0v) is 24.1. The number of carbonyl (C=O) groups is 3. The Hall–Kier alpha value is -4.20. The Morgan fingerprint density at radius 1 is 1.05 bits per heavy atom. The van der Waals surface area contributed by atoms with Gasteiger partial charge in [0.25, 0.3) is 0 Å². The fourth-order valence-electron chi connectivity index (χ4n) is 5.80. The molecule has 1 spiro atoms. The lowest BCUT2D eigenvalue weighted by Gasteiger charge is -2.30. The van der Waals surface area contributed by atoms with Gasteiger partial charge >= 0.3 is 6.10 Å². The molecule has 2 aromatic carbocycles. The molecule has 2 atom stereocenters. The fourth-order valence-corrected chi connectivity index (χ4v) is 5.80. The van der Waals surface area contributed by atoms with Gasteiger partial charge in [-0.05, 0) is 47.7 Å². The van der Waals surface area contributed by atoms with Crippen molar-refractivity contribution in [3.05, 3.63) is 88.6 Å². The van der Waals surface area contributed by atoms with Crippen LogP contribution in [0.5, 0.6) is 0 Å². The van der Waals surface area contributed by atoms with E-state index in [9.17, 15) is 34.8 Å². The predicted octanol–water partition coefficient (Wildman–Crippen LogP) is 1.25. The average Bonchev–Trinajstić information content (AvgIpc) is 3.43. The molecule has 1 aliphatic heterocycles. The van der Waals surface area contributed by atoms with Gasteiger partial charge in [0.05, 0.1) is 5.41 Å². The van der Waals surface area contributed by atoms with Gasteiger partial charge in [0.15, 0.2) is 0 Å². The molecule has 0 bridgehead atoms. The second-order valence-corrected chi connectivity index (χ2v) is 12.1. The molecule has 12 heteroatoms. The van der Waals surface area contributed by atoms with E-state index in [0.717, 1.165) is 16.7 Å². The third kappa shape index (κ3) is 6.28. The van der Waals surface area contributed by atoms with E-state index in [0.29, 0.717) is 29.9 Å². The first-order valence-electron chi connectivity index (χ1n) is 13.8. The molecule has 0 saturated carbocycles. The van der Waals surface area contributed by atoms with Gasteiger partial charge in [-0.1, -0.05) is 57.2 Å². The quantitative estimate of drug-likeness (QED) is 0.190. The maximum Gasteiger partial charge on any atom is 0.345 e. The van der Waals surface area contributed by atoms with Gasteiger partial charge in [-0.25, -0.2) is 10.3 Å². The number of aliphatic hydroxyl groups excluding tert-OH is 1. The number of hydrogen-bond donors (Lipinski definition) is 7. The number of nitrogens with zero attached hydrogens (tertiary/aromatic N) is 2. The predicted molar refractivity (Wildman–Crippen MR) is 156 cm³/mol. The van der Waals surface area contributed by atoms with Crippen LogP contribution in [0, 0.1) is 5.41 Å². The Morgan fingerprint density at radius 3 is 2.49 bits per heavy atom. The van der Waals surface area contributed by atoms with Crippen LogP contribution < -0.4 is 16.0 Å². The summed E-state index contributed by atoms with van der Waals surface area (Å²) in [6.07, 6.45) is -2.38. The zero-order valence-electron chi connectivity index (χ0n) is 24.1. The lowest BCUT2D eigenvalue weighted by atomic mass is 9.79. The van der Waals surface area contributed by atoms with Gasteiger partial charge in [-0.2, -0.15) is 0 Å². The minimum absolute atomic E-state index is 0.0804. The molecule has 3 aromatic rings. The number of carbonyl (C=O) groups excluding carboxylic acids is 3. The number of fused-ring (bicyclic) bond motifs is 3. The van der Waals surface area contributed by atoms with E-state index < -0.39 is 29.1 Å². The molecule has 2 aliphatic rings. The first-order chi connectivity index (χ1) is 20.2. The number of rotatable bonds is 8. The Bertz CT molecular complexity index is 1580. The molecule has 1 aromatic heterocycles. The minimum atomic E-state index is -3.33. The molecule has 226 valence electrons. The van der Waals surface area contributed by atoms with Crippen molar-refractivity contribution in [2.45, 2.75) is 57.9 Å². The zero-order chi connectivity index (χ0) is 31.2. The summed E-state index contributed by atoms with van der Waals surface area (Å²) >= 11 is 0. The number of amides is 3. The van der Waals surface area contributed by atoms with Crippen LogP contribution in [0.15, 0.2) is 60.8 Å². The Kier molecular flexibility index (Phi) is 7.84. The van der Waals surface area contributed by atoms with Gasteiger partial charge in [-0.15, -0.1) is 0 Å². The number of aromatic nitrogens is 1. The molecular formula is C31H35N5O7. The van der Waals surface area contributed by atoms with E-state index >= 15 is 0 Å². The van der Waals surface area contributed by atoms with Crippen molar-refractivity contribution in [2.24, 2.45) is 5.41 Å². The van der Waals surface area contributed by atoms with Crippen molar-refractivity contribution in [3.8, 4) is 0 Å². The molecule has 0 saturated heterocycles. The average molecular weight is 590 g/mol. The number of hydrogen-bond acceptors (Lipinski definition) is 9. The number of pyridine rings is 1. The van der Waals surface area contributed by atoms with Crippen LogP contribution in [0.3, 0.4) is 0 Å². The van der Waals surface area contributed by atoms with Crippen molar-refractivity contribution in [2.75, 3.05) is 17.2 Å². The summed E-state index contributed by atoms with van der Waals surface area (Å²) in [7, 11) is 0. The SMILES string of the molecule is CC(C)(C)C(=O)N(CC(=O)Nc1ccc2c(c1)CC1(C2)C(=O)Nc2ncccc21)Cc1ccccc1C(O)NC(O)(O)O. The molecule has 43 heavy (non-hydrogen) atoms. The molecule has 7 N–H and O–H groups in total. The normalized spacial score (nSPS) is 18.2. The molecule has 0 fully saturated rings. The topological polar surface area (TPSA) is 184 Å². The van der Waals surface area contributed by atoms with Crippen LogP contribution in [-0.2, 0) is 39.2 Å². The maximum absolute atomic E-state index is 13.4. The maximum atomic E-state index is 13.4. The van der Waals surface area contributed by atoms with E-state index in [4.69, 9.17) is 0 Å². The Morgan fingerprint density at radius 2 is 1.77 bits per heavy atom. The van der Waals surface area contributed by atoms with Crippen molar-refractivity contribution in [3.63, 3.8) is 0 Å². The van der Waals surface area contributed by atoms with E-state index in [1.165, 1.54) is 11.0 Å². The number of benzene rings is 2. The van der Waals surface area contributed by atoms with Crippen LogP contribution >= 0.6 is 0 Å². The van der Waals surface area contributed by atoms with Crippen molar-refractivity contribution < 1.29 is 34.8 Å². The van der Waals surface area contributed by atoms with E-state index in [2.05, 4.69) is 15.6 Å².